The highest BCUT2D eigenvalue weighted by Crippen LogP contribution is 2.36. The van der Waals surface area contributed by atoms with Crippen molar-refractivity contribution in [3.63, 3.8) is 0 Å². The minimum absolute atomic E-state index is 0.161. The molecular weight excluding hydrogens is 344 g/mol. The van der Waals surface area contributed by atoms with Crippen LogP contribution in [0.4, 0.5) is 0 Å². The Morgan fingerprint density at radius 1 is 0.821 bits per heavy atom. The Morgan fingerprint density at radius 3 is 2.07 bits per heavy atom. The monoisotopic (exact) mass is 382 g/mol. The summed E-state index contributed by atoms with van der Waals surface area (Å²) < 4.78 is 11.8. The number of aryl methyl sites for hydroxylation is 1. The first kappa shape index (κ1) is 22.5. The summed E-state index contributed by atoms with van der Waals surface area (Å²) in [4.78, 5) is 0. The van der Waals surface area contributed by atoms with E-state index in [4.69, 9.17) is 9.47 Å². The van der Waals surface area contributed by atoms with Crippen molar-refractivity contribution in [2.24, 2.45) is 5.41 Å². The largest absolute Gasteiger partial charge is 0.491 e. The van der Waals surface area contributed by atoms with Crippen molar-refractivity contribution < 1.29 is 9.47 Å². The fourth-order valence-corrected chi connectivity index (χ4v) is 3.94. The molecule has 0 N–H and O–H groups in total. The van der Waals surface area contributed by atoms with E-state index < -0.39 is 0 Å². The molecule has 2 aromatic rings. The topological polar surface area (TPSA) is 18.5 Å². The SMILES string of the molecule is CC(CCc1ccccc1)OCCOc1ccc(C(C)(C)CC(C)(C)C)cc1. The van der Waals surface area contributed by atoms with Crippen molar-refractivity contribution in [2.45, 2.75) is 72.3 Å². The van der Waals surface area contributed by atoms with Crippen molar-refractivity contribution in [1.29, 1.82) is 0 Å². The predicted molar refractivity (Wildman–Crippen MR) is 119 cm³/mol. The van der Waals surface area contributed by atoms with E-state index in [0.717, 1.165) is 25.0 Å². The molecule has 0 heterocycles. The van der Waals surface area contributed by atoms with Gasteiger partial charge in [-0.3, -0.25) is 0 Å². The molecule has 0 aromatic heterocycles. The molecule has 0 aliphatic heterocycles. The summed E-state index contributed by atoms with van der Waals surface area (Å²) in [6.45, 7) is 14.9. The summed E-state index contributed by atoms with van der Waals surface area (Å²) in [6, 6.07) is 19.1. The lowest BCUT2D eigenvalue weighted by Gasteiger charge is -2.33. The molecule has 0 saturated carbocycles. The lowest BCUT2D eigenvalue weighted by atomic mass is 9.72. The van der Waals surface area contributed by atoms with Gasteiger partial charge in [0.1, 0.15) is 12.4 Å². The third kappa shape index (κ3) is 8.06. The zero-order chi connectivity index (χ0) is 20.6. The van der Waals surface area contributed by atoms with Gasteiger partial charge in [0, 0.05) is 0 Å². The summed E-state index contributed by atoms with van der Waals surface area (Å²) in [5.74, 6) is 0.913. The smallest absolute Gasteiger partial charge is 0.119 e. The maximum Gasteiger partial charge on any atom is 0.119 e. The molecule has 28 heavy (non-hydrogen) atoms. The van der Waals surface area contributed by atoms with Crippen molar-refractivity contribution in [1.82, 2.24) is 0 Å². The van der Waals surface area contributed by atoms with Crippen molar-refractivity contribution in [3.05, 3.63) is 65.7 Å². The van der Waals surface area contributed by atoms with Crippen LogP contribution < -0.4 is 4.74 Å². The lowest BCUT2D eigenvalue weighted by molar-refractivity contribution is 0.0401. The third-order valence-corrected chi connectivity index (χ3v) is 5.04. The molecule has 0 aliphatic rings. The lowest BCUT2D eigenvalue weighted by Crippen LogP contribution is -2.24. The van der Waals surface area contributed by atoms with Crippen molar-refractivity contribution in [2.75, 3.05) is 13.2 Å². The van der Waals surface area contributed by atoms with Crippen LogP contribution in [0.2, 0.25) is 0 Å². The molecule has 2 rings (SSSR count). The van der Waals surface area contributed by atoms with Gasteiger partial charge in [-0.25, -0.2) is 0 Å². The molecule has 2 nitrogen and oxygen atoms in total. The summed E-state index contributed by atoms with van der Waals surface area (Å²) >= 11 is 0. The molecule has 0 spiro atoms. The van der Waals surface area contributed by atoms with E-state index in [1.165, 1.54) is 11.1 Å². The quantitative estimate of drug-likeness (QED) is 0.420. The van der Waals surface area contributed by atoms with Crippen molar-refractivity contribution >= 4 is 0 Å². The molecule has 1 atom stereocenters. The Balaban J connectivity index is 1.70. The van der Waals surface area contributed by atoms with Gasteiger partial charge in [-0.1, -0.05) is 77.1 Å². The van der Waals surface area contributed by atoms with E-state index in [-0.39, 0.29) is 11.5 Å². The maximum absolute atomic E-state index is 5.89. The van der Waals surface area contributed by atoms with Gasteiger partial charge in [0.2, 0.25) is 0 Å². The van der Waals surface area contributed by atoms with Crippen LogP contribution in [0.25, 0.3) is 0 Å². The number of hydrogen-bond donors (Lipinski definition) is 0. The van der Waals surface area contributed by atoms with Gasteiger partial charge in [0.25, 0.3) is 0 Å². The second-order valence-electron chi connectivity index (χ2n) is 9.70. The molecule has 2 aromatic carbocycles. The highest BCUT2D eigenvalue weighted by atomic mass is 16.5. The van der Waals surface area contributed by atoms with Crippen LogP contribution in [-0.4, -0.2) is 19.3 Å². The molecule has 0 fully saturated rings. The summed E-state index contributed by atoms with van der Waals surface area (Å²) in [6.07, 6.45) is 3.47. The van der Waals surface area contributed by atoms with Crippen LogP contribution in [-0.2, 0) is 16.6 Å². The van der Waals surface area contributed by atoms with Gasteiger partial charge in [0.15, 0.2) is 0 Å². The number of ether oxygens (including phenoxy) is 2. The van der Waals surface area contributed by atoms with E-state index >= 15 is 0 Å². The Labute approximate surface area is 172 Å². The van der Waals surface area contributed by atoms with Crippen LogP contribution in [0.3, 0.4) is 0 Å². The first-order valence-corrected chi connectivity index (χ1v) is 10.5. The second-order valence-corrected chi connectivity index (χ2v) is 9.70. The fourth-order valence-electron chi connectivity index (χ4n) is 3.94. The Hall–Kier alpha value is -1.80. The molecule has 1 unspecified atom stereocenters. The zero-order valence-corrected chi connectivity index (χ0v) is 18.6. The van der Waals surface area contributed by atoms with E-state index in [1.54, 1.807) is 0 Å². The molecule has 2 heteroatoms. The molecule has 154 valence electrons. The summed E-state index contributed by atoms with van der Waals surface area (Å²) in [7, 11) is 0. The van der Waals surface area contributed by atoms with E-state index in [9.17, 15) is 0 Å². The maximum atomic E-state index is 5.89. The van der Waals surface area contributed by atoms with Crippen molar-refractivity contribution in [3.8, 4) is 5.75 Å². The summed E-state index contributed by atoms with van der Waals surface area (Å²) in [5.41, 5.74) is 3.20. The molecule has 0 radical (unpaired) electrons. The first-order chi connectivity index (χ1) is 13.2. The molecule has 0 aliphatic carbocycles. The van der Waals surface area contributed by atoms with E-state index in [1.807, 2.05) is 0 Å². The third-order valence-electron chi connectivity index (χ3n) is 5.04. The van der Waals surface area contributed by atoms with Gasteiger partial charge < -0.3 is 9.47 Å². The molecular formula is C26H38O2. The Kier molecular flexibility index (Phi) is 8.12. The predicted octanol–water partition coefficient (Wildman–Crippen LogP) is 6.82. The number of benzene rings is 2. The van der Waals surface area contributed by atoms with Crippen LogP contribution in [0, 0.1) is 5.41 Å². The number of hydrogen-bond acceptors (Lipinski definition) is 2. The standard InChI is InChI=1S/C26H38O2/c1-21(12-13-22-10-8-7-9-11-22)27-18-19-28-24-16-14-23(15-17-24)26(5,6)20-25(2,3)4/h7-11,14-17,21H,12-13,18-20H2,1-6H3. The van der Waals surface area contributed by atoms with Crippen LogP contribution >= 0.6 is 0 Å². The van der Waals surface area contributed by atoms with Gasteiger partial charge in [0.05, 0.1) is 12.7 Å². The number of rotatable bonds is 10. The van der Waals surface area contributed by atoms with E-state index in [0.29, 0.717) is 18.6 Å². The molecule has 0 bridgehead atoms. The van der Waals surface area contributed by atoms with Crippen LogP contribution in [0.5, 0.6) is 5.75 Å². The average Bonchev–Trinajstić information content (AvgIpc) is 2.63. The van der Waals surface area contributed by atoms with E-state index in [2.05, 4.69) is 96.1 Å². The van der Waals surface area contributed by atoms with Crippen LogP contribution in [0.1, 0.15) is 65.5 Å². The van der Waals surface area contributed by atoms with Gasteiger partial charge >= 0.3 is 0 Å². The average molecular weight is 383 g/mol. The fraction of sp³-hybridized carbons (Fsp3) is 0.538. The second kappa shape index (κ2) is 10.1. The minimum atomic E-state index is 0.161. The van der Waals surface area contributed by atoms with Gasteiger partial charge in [-0.05, 0) is 60.3 Å². The molecule has 0 amide bonds. The normalized spacial score (nSPS) is 13.4. The zero-order valence-electron chi connectivity index (χ0n) is 18.6. The molecule has 0 saturated heterocycles. The van der Waals surface area contributed by atoms with Crippen LogP contribution in [0.15, 0.2) is 54.6 Å². The first-order valence-electron chi connectivity index (χ1n) is 10.5. The van der Waals surface area contributed by atoms with Gasteiger partial charge in [-0.2, -0.15) is 0 Å². The highest BCUT2D eigenvalue weighted by molar-refractivity contribution is 5.31. The minimum Gasteiger partial charge on any atom is -0.491 e. The Bertz CT molecular complexity index is 681. The summed E-state index contributed by atoms with van der Waals surface area (Å²) in [5, 5.41) is 0. The highest BCUT2D eigenvalue weighted by Gasteiger charge is 2.27. The van der Waals surface area contributed by atoms with Gasteiger partial charge in [-0.15, -0.1) is 0 Å². The Morgan fingerprint density at radius 2 is 1.46 bits per heavy atom.